The highest BCUT2D eigenvalue weighted by Crippen LogP contribution is 2.32. The zero-order chi connectivity index (χ0) is 27.1. The average molecular weight is 533 g/mol. The maximum atomic E-state index is 13.5. The number of nitrogens with one attached hydrogen (secondary N) is 3. The van der Waals surface area contributed by atoms with E-state index in [0.717, 1.165) is 53.3 Å². The van der Waals surface area contributed by atoms with Crippen molar-refractivity contribution in [2.24, 2.45) is 5.92 Å². The highest BCUT2D eigenvalue weighted by Gasteiger charge is 2.21. The molecule has 0 atom stereocenters. The zero-order valence-electron chi connectivity index (χ0n) is 21.5. The monoisotopic (exact) mass is 532 g/mol. The number of benzene rings is 1. The number of aromatic amines is 2. The lowest BCUT2D eigenvalue weighted by Crippen LogP contribution is -2.24. The summed E-state index contributed by atoms with van der Waals surface area (Å²) in [5, 5.41) is 11.3. The van der Waals surface area contributed by atoms with Gasteiger partial charge in [-0.1, -0.05) is 19.3 Å². The maximum Gasteiger partial charge on any atom is 0.227 e. The summed E-state index contributed by atoms with van der Waals surface area (Å²) in [5.74, 6) is 0.371. The largest absolute Gasteiger partial charge is 0.336 e. The quantitative estimate of drug-likeness (QED) is 0.240. The predicted molar refractivity (Wildman–Crippen MR) is 151 cm³/mol. The molecule has 1 amide bonds. The highest BCUT2D eigenvalue weighted by molar-refractivity contribution is 5.97. The Morgan fingerprint density at radius 1 is 0.900 bits per heavy atom. The van der Waals surface area contributed by atoms with Crippen LogP contribution >= 0.6 is 0 Å². The van der Waals surface area contributed by atoms with Crippen LogP contribution < -0.4 is 5.32 Å². The lowest BCUT2D eigenvalue weighted by atomic mass is 9.88. The average Bonchev–Trinajstić information content (AvgIpc) is 3.62. The van der Waals surface area contributed by atoms with Crippen molar-refractivity contribution in [1.29, 1.82) is 0 Å². The van der Waals surface area contributed by atoms with Crippen molar-refractivity contribution in [2.75, 3.05) is 5.32 Å². The van der Waals surface area contributed by atoms with E-state index in [2.05, 4.69) is 35.5 Å². The lowest BCUT2D eigenvalue weighted by Gasteiger charge is -2.20. The van der Waals surface area contributed by atoms with Gasteiger partial charge < -0.3 is 10.3 Å². The minimum Gasteiger partial charge on any atom is -0.336 e. The van der Waals surface area contributed by atoms with Crippen LogP contribution in [-0.2, 0) is 4.79 Å². The van der Waals surface area contributed by atoms with Crippen LogP contribution in [0.4, 0.5) is 10.1 Å². The Labute approximate surface area is 228 Å². The fourth-order valence-electron chi connectivity index (χ4n) is 5.38. The molecule has 3 N–H and O–H groups in total. The molecule has 9 nitrogen and oxygen atoms in total. The Bertz CT molecular complexity index is 1850. The van der Waals surface area contributed by atoms with E-state index in [-0.39, 0.29) is 17.6 Å². The molecule has 5 heterocycles. The first-order valence-corrected chi connectivity index (χ1v) is 13.3. The number of halogens is 1. The number of carbonyl (C=O) groups excluding carboxylic acids is 1. The van der Waals surface area contributed by atoms with Crippen molar-refractivity contribution in [3.63, 3.8) is 0 Å². The SMILES string of the molecule is O=C(Nc1cncc(-c2cnc3[nH]nc(-c4nc5c(-c6ccc(F)cc6)nccc5[nH]4)c3c2)c1)C1CCCCC1. The number of amides is 1. The number of pyridine rings is 3. The first-order valence-electron chi connectivity index (χ1n) is 13.3. The van der Waals surface area contributed by atoms with Gasteiger partial charge in [-0.05, 0) is 55.3 Å². The molecule has 10 heteroatoms. The molecular weight excluding hydrogens is 507 g/mol. The van der Waals surface area contributed by atoms with Gasteiger partial charge in [0.2, 0.25) is 5.91 Å². The molecule has 0 radical (unpaired) electrons. The van der Waals surface area contributed by atoms with Gasteiger partial charge in [0, 0.05) is 41.2 Å². The van der Waals surface area contributed by atoms with Crippen molar-refractivity contribution in [3.8, 4) is 33.9 Å². The van der Waals surface area contributed by atoms with Crippen molar-refractivity contribution in [1.82, 2.24) is 35.1 Å². The Hall–Kier alpha value is -4.99. The number of rotatable bonds is 5. The van der Waals surface area contributed by atoms with Crippen molar-refractivity contribution >= 4 is 33.7 Å². The first-order chi connectivity index (χ1) is 19.6. The summed E-state index contributed by atoms with van der Waals surface area (Å²) in [7, 11) is 0. The van der Waals surface area contributed by atoms with E-state index in [1.807, 2.05) is 18.2 Å². The van der Waals surface area contributed by atoms with Crippen molar-refractivity contribution in [2.45, 2.75) is 32.1 Å². The normalized spacial score (nSPS) is 14.1. The van der Waals surface area contributed by atoms with E-state index in [0.29, 0.717) is 34.1 Å². The molecule has 40 heavy (non-hydrogen) atoms. The van der Waals surface area contributed by atoms with Crippen LogP contribution in [0.25, 0.3) is 56.0 Å². The number of aromatic nitrogens is 7. The zero-order valence-corrected chi connectivity index (χ0v) is 21.5. The third kappa shape index (κ3) is 4.47. The fraction of sp³-hybridized carbons (Fsp3) is 0.200. The molecule has 198 valence electrons. The van der Waals surface area contributed by atoms with Gasteiger partial charge in [0.15, 0.2) is 11.5 Å². The second kappa shape index (κ2) is 9.96. The Morgan fingerprint density at radius 2 is 1.73 bits per heavy atom. The smallest absolute Gasteiger partial charge is 0.227 e. The summed E-state index contributed by atoms with van der Waals surface area (Å²) < 4.78 is 13.5. The number of H-pyrrole nitrogens is 2. The van der Waals surface area contributed by atoms with E-state index < -0.39 is 0 Å². The first kappa shape index (κ1) is 24.1. The molecule has 0 saturated heterocycles. The number of anilines is 1. The van der Waals surface area contributed by atoms with E-state index in [9.17, 15) is 9.18 Å². The topological polar surface area (TPSA) is 125 Å². The van der Waals surface area contributed by atoms with Crippen LogP contribution in [0.15, 0.2) is 67.3 Å². The van der Waals surface area contributed by atoms with Crippen LogP contribution in [0.2, 0.25) is 0 Å². The van der Waals surface area contributed by atoms with Crippen LogP contribution in [-0.4, -0.2) is 41.0 Å². The minimum absolute atomic E-state index is 0.0590. The number of hydrogen-bond donors (Lipinski definition) is 3. The van der Waals surface area contributed by atoms with Gasteiger partial charge in [-0.15, -0.1) is 0 Å². The Balaban J connectivity index is 1.22. The maximum absolute atomic E-state index is 13.5. The molecule has 0 spiro atoms. The van der Waals surface area contributed by atoms with E-state index in [1.54, 1.807) is 36.9 Å². The van der Waals surface area contributed by atoms with Crippen LogP contribution in [0.1, 0.15) is 32.1 Å². The molecule has 0 bridgehead atoms. The fourth-order valence-corrected chi connectivity index (χ4v) is 5.38. The third-order valence-corrected chi connectivity index (χ3v) is 7.47. The van der Waals surface area contributed by atoms with E-state index in [1.165, 1.54) is 18.6 Å². The van der Waals surface area contributed by atoms with Gasteiger partial charge in [-0.25, -0.2) is 14.4 Å². The van der Waals surface area contributed by atoms with E-state index in [4.69, 9.17) is 4.98 Å². The molecule has 1 aliphatic rings. The molecule has 7 rings (SSSR count). The van der Waals surface area contributed by atoms with Gasteiger partial charge in [-0.3, -0.25) is 19.9 Å². The summed E-state index contributed by atoms with van der Waals surface area (Å²) in [6.07, 6.45) is 12.1. The molecule has 1 saturated carbocycles. The summed E-state index contributed by atoms with van der Waals surface area (Å²) >= 11 is 0. The number of nitrogens with zero attached hydrogens (tertiary/aromatic N) is 5. The number of carbonyl (C=O) groups is 1. The minimum atomic E-state index is -0.308. The van der Waals surface area contributed by atoms with Gasteiger partial charge >= 0.3 is 0 Å². The summed E-state index contributed by atoms with van der Waals surface area (Å²) in [6, 6.07) is 11.9. The molecule has 6 aromatic rings. The van der Waals surface area contributed by atoms with E-state index >= 15 is 0 Å². The van der Waals surface area contributed by atoms with Gasteiger partial charge in [0.25, 0.3) is 0 Å². The molecule has 1 aromatic carbocycles. The lowest BCUT2D eigenvalue weighted by molar-refractivity contribution is -0.120. The van der Waals surface area contributed by atoms with Gasteiger partial charge in [0.1, 0.15) is 17.0 Å². The van der Waals surface area contributed by atoms with Crippen molar-refractivity contribution in [3.05, 3.63) is 73.1 Å². The molecule has 0 aliphatic heterocycles. The predicted octanol–water partition coefficient (Wildman–Crippen LogP) is 6.28. The number of fused-ring (bicyclic) bond motifs is 2. The molecule has 0 unspecified atom stereocenters. The molecule has 5 aromatic heterocycles. The Morgan fingerprint density at radius 3 is 2.58 bits per heavy atom. The van der Waals surface area contributed by atoms with Gasteiger partial charge in [-0.2, -0.15) is 5.10 Å². The van der Waals surface area contributed by atoms with Crippen LogP contribution in [0, 0.1) is 11.7 Å². The van der Waals surface area contributed by atoms with Gasteiger partial charge in [0.05, 0.1) is 28.5 Å². The standard InChI is InChI=1S/C30H25FN8O/c31-21-8-6-17(7-9-21)25-27-24(10-11-33-25)36-29(37-27)26-23-13-20(15-34-28(23)39-38-26)19-12-22(16-32-14-19)35-30(40)18-4-2-1-3-5-18/h6-16,18H,1-5H2,(H,35,40)(H,36,37)(H,34,38,39). The van der Waals surface area contributed by atoms with Crippen LogP contribution in [0.3, 0.4) is 0 Å². The second-order valence-electron chi connectivity index (χ2n) is 10.1. The third-order valence-electron chi connectivity index (χ3n) is 7.47. The highest BCUT2D eigenvalue weighted by atomic mass is 19.1. The number of hydrogen-bond acceptors (Lipinski definition) is 6. The number of imidazole rings is 1. The molecular formula is C30H25FN8O. The summed E-state index contributed by atoms with van der Waals surface area (Å²) in [5.41, 5.74) is 6.42. The Kier molecular flexibility index (Phi) is 5.99. The molecule has 1 aliphatic carbocycles. The van der Waals surface area contributed by atoms with Crippen molar-refractivity contribution < 1.29 is 9.18 Å². The summed E-state index contributed by atoms with van der Waals surface area (Å²) in [6.45, 7) is 0. The summed E-state index contributed by atoms with van der Waals surface area (Å²) in [4.78, 5) is 34.3. The van der Waals surface area contributed by atoms with Crippen LogP contribution in [0.5, 0.6) is 0 Å². The second-order valence-corrected chi connectivity index (χ2v) is 10.1. The molecule has 1 fully saturated rings.